The van der Waals surface area contributed by atoms with Crippen molar-refractivity contribution >= 4 is 0 Å². The largest absolute Gasteiger partial charge is 0.326 e. The normalized spacial score (nSPS) is 10.6. The van der Waals surface area contributed by atoms with Gasteiger partial charge in [0.15, 0.2) is 0 Å². The third kappa shape index (κ3) is 4.47. The summed E-state index contributed by atoms with van der Waals surface area (Å²) in [6.07, 6.45) is 0.832. The Kier molecular flexibility index (Phi) is 5.07. The van der Waals surface area contributed by atoms with Crippen molar-refractivity contribution < 1.29 is 4.39 Å². The van der Waals surface area contributed by atoms with Gasteiger partial charge >= 0.3 is 0 Å². The summed E-state index contributed by atoms with van der Waals surface area (Å²) in [6.45, 7) is 2.23. The van der Waals surface area contributed by atoms with Crippen LogP contribution in [0.2, 0.25) is 0 Å². The van der Waals surface area contributed by atoms with Gasteiger partial charge in [-0.15, -0.1) is 0 Å². The Morgan fingerprint density at radius 2 is 1.68 bits per heavy atom. The summed E-state index contributed by atoms with van der Waals surface area (Å²) in [4.78, 5) is 0. The first-order valence-corrected chi connectivity index (χ1v) is 6.51. The van der Waals surface area contributed by atoms with Crippen molar-refractivity contribution in [3.63, 3.8) is 0 Å². The molecule has 0 saturated carbocycles. The minimum Gasteiger partial charge on any atom is -0.326 e. The molecule has 2 aromatic rings. The molecule has 0 amide bonds. The van der Waals surface area contributed by atoms with Gasteiger partial charge in [0.2, 0.25) is 0 Å². The fraction of sp³-hybridized carbons (Fsp3) is 0.250. The molecule has 2 rings (SSSR count). The summed E-state index contributed by atoms with van der Waals surface area (Å²) in [7, 11) is 0. The molecule has 19 heavy (non-hydrogen) atoms. The smallest absolute Gasteiger partial charge is 0.123 e. The predicted molar refractivity (Wildman–Crippen MR) is 76.1 cm³/mol. The van der Waals surface area contributed by atoms with Crippen LogP contribution >= 0.6 is 0 Å². The third-order valence-corrected chi connectivity index (χ3v) is 3.07. The number of benzene rings is 2. The second-order valence-corrected chi connectivity index (χ2v) is 4.58. The highest BCUT2D eigenvalue weighted by atomic mass is 19.1. The summed E-state index contributed by atoms with van der Waals surface area (Å²) >= 11 is 0. The molecule has 2 nitrogen and oxygen atoms in total. The van der Waals surface area contributed by atoms with Crippen molar-refractivity contribution in [2.45, 2.75) is 19.5 Å². The van der Waals surface area contributed by atoms with E-state index in [1.165, 1.54) is 11.6 Å². The molecule has 0 fully saturated rings. The average molecular weight is 258 g/mol. The number of nitrogens with one attached hydrogen (secondary N) is 1. The average Bonchev–Trinajstić information content (AvgIpc) is 2.44. The van der Waals surface area contributed by atoms with E-state index >= 15 is 0 Å². The third-order valence-electron chi connectivity index (χ3n) is 3.07. The van der Waals surface area contributed by atoms with Crippen LogP contribution in [0, 0.1) is 5.82 Å². The van der Waals surface area contributed by atoms with Crippen LogP contribution in [-0.2, 0) is 19.5 Å². The number of rotatable bonds is 6. The quantitative estimate of drug-likeness (QED) is 0.782. The summed E-state index contributed by atoms with van der Waals surface area (Å²) in [5.41, 5.74) is 8.95. The van der Waals surface area contributed by atoms with Crippen LogP contribution in [0.3, 0.4) is 0 Å². The van der Waals surface area contributed by atoms with Gasteiger partial charge in [0.1, 0.15) is 5.82 Å². The second kappa shape index (κ2) is 7.02. The molecule has 0 saturated heterocycles. The van der Waals surface area contributed by atoms with Crippen LogP contribution in [0.1, 0.15) is 16.7 Å². The van der Waals surface area contributed by atoms with Crippen molar-refractivity contribution in [3.8, 4) is 0 Å². The Labute approximate surface area is 113 Å². The molecule has 100 valence electrons. The van der Waals surface area contributed by atoms with E-state index in [0.717, 1.165) is 30.6 Å². The molecule has 0 atom stereocenters. The van der Waals surface area contributed by atoms with Crippen LogP contribution in [0.15, 0.2) is 48.5 Å². The molecule has 0 aliphatic carbocycles. The Morgan fingerprint density at radius 3 is 2.37 bits per heavy atom. The van der Waals surface area contributed by atoms with Gasteiger partial charge in [0, 0.05) is 13.1 Å². The van der Waals surface area contributed by atoms with E-state index in [2.05, 4.69) is 17.4 Å². The molecule has 3 heteroatoms. The summed E-state index contributed by atoms with van der Waals surface area (Å²) in [5, 5.41) is 3.35. The van der Waals surface area contributed by atoms with E-state index in [9.17, 15) is 4.39 Å². The van der Waals surface area contributed by atoms with E-state index < -0.39 is 0 Å². The standard InChI is InChI=1S/C16H19FN2/c17-16-3-1-2-13(10-16)8-9-19-12-15-6-4-14(11-18)5-7-15/h1-7,10,19H,8-9,11-12,18H2. The SMILES string of the molecule is NCc1ccc(CNCCc2cccc(F)c2)cc1. The molecule has 0 radical (unpaired) electrons. The highest BCUT2D eigenvalue weighted by Gasteiger charge is 1.96. The number of halogens is 1. The maximum atomic E-state index is 13.0. The van der Waals surface area contributed by atoms with Crippen LogP contribution in [-0.4, -0.2) is 6.54 Å². The fourth-order valence-electron chi connectivity index (χ4n) is 1.95. The summed E-state index contributed by atoms with van der Waals surface area (Å²) in [6, 6.07) is 15.0. The van der Waals surface area contributed by atoms with Crippen molar-refractivity contribution in [1.82, 2.24) is 5.32 Å². The summed E-state index contributed by atoms with van der Waals surface area (Å²) < 4.78 is 13.0. The van der Waals surface area contributed by atoms with E-state index in [1.807, 2.05) is 18.2 Å². The van der Waals surface area contributed by atoms with Crippen molar-refractivity contribution in [1.29, 1.82) is 0 Å². The fourth-order valence-corrected chi connectivity index (χ4v) is 1.95. The maximum absolute atomic E-state index is 13.0. The minimum absolute atomic E-state index is 0.171. The zero-order valence-electron chi connectivity index (χ0n) is 10.9. The lowest BCUT2D eigenvalue weighted by atomic mass is 10.1. The van der Waals surface area contributed by atoms with E-state index in [1.54, 1.807) is 12.1 Å². The Bertz CT molecular complexity index is 508. The molecule has 0 unspecified atom stereocenters. The van der Waals surface area contributed by atoms with Gasteiger partial charge in [-0.1, -0.05) is 36.4 Å². The first kappa shape index (κ1) is 13.7. The Balaban J connectivity index is 1.74. The van der Waals surface area contributed by atoms with Crippen LogP contribution in [0.5, 0.6) is 0 Å². The molecule has 3 N–H and O–H groups in total. The number of hydrogen-bond donors (Lipinski definition) is 2. The first-order valence-electron chi connectivity index (χ1n) is 6.51. The first-order chi connectivity index (χ1) is 9.28. The number of hydrogen-bond acceptors (Lipinski definition) is 2. The topological polar surface area (TPSA) is 38.0 Å². The van der Waals surface area contributed by atoms with Crippen LogP contribution in [0.4, 0.5) is 4.39 Å². The second-order valence-electron chi connectivity index (χ2n) is 4.58. The van der Waals surface area contributed by atoms with E-state index in [0.29, 0.717) is 6.54 Å². The van der Waals surface area contributed by atoms with Gasteiger partial charge in [-0.3, -0.25) is 0 Å². The minimum atomic E-state index is -0.171. The van der Waals surface area contributed by atoms with Gasteiger partial charge in [0.25, 0.3) is 0 Å². The lowest BCUT2D eigenvalue weighted by Gasteiger charge is -2.06. The van der Waals surface area contributed by atoms with E-state index in [4.69, 9.17) is 5.73 Å². The van der Waals surface area contributed by atoms with Crippen molar-refractivity contribution in [2.75, 3.05) is 6.54 Å². The molecule has 0 aliphatic rings. The molecule has 0 spiro atoms. The van der Waals surface area contributed by atoms with Gasteiger partial charge in [-0.25, -0.2) is 4.39 Å². The summed E-state index contributed by atoms with van der Waals surface area (Å²) in [5.74, 6) is -0.171. The molecule has 0 bridgehead atoms. The van der Waals surface area contributed by atoms with E-state index in [-0.39, 0.29) is 5.82 Å². The molecule has 2 aromatic carbocycles. The Hall–Kier alpha value is -1.71. The van der Waals surface area contributed by atoms with Gasteiger partial charge in [0.05, 0.1) is 0 Å². The lowest BCUT2D eigenvalue weighted by molar-refractivity contribution is 0.622. The molecular formula is C16H19FN2. The number of nitrogens with two attached hydrogens (primary N) is 1. The van der Waals surface area contributed by atoms with Crippen molar-refractivity contribution in [3.05, 3.63) is 71.0 Å². The monoisotopic (exact) mass is 258 g/mol. The highest BCUT2D eigenvalue weighted by molar-refractivity contribution is 5.22. The Morgan fingerprint density at radius 1 is 0.947 bits per heavy atom. The van der Waals surface area contributed by atoms with Gasteiger partial charge < -0.3 is 11.1 Å². The molecular weight excluding hydrogens is 239 g/mol. The van der Waals surface area contributed by atoms with Crippen molar-refractivity contribution in [2.24, 2.45) is 5.73 Å². The van der Waals surface area contributed by atoms with Gasteiger partial charge in [-0.05, 0) is 41.8 Å². The van der Waals surface area contributed by atoms with Crippen LogP contribution < -0.4 is 11.1 Å². The lowest BCUT2D eigenvalue weighted by Crippen LogP contribution is -2.16. The molecule has 0 aromatic heterocycles. The molecule has 0 heterocycles. The maximum Gasteiger partial charge on any atom is 0.123 e. The zero-order chi connectivity index (χ0) is 13.5. The van der Waals surface area contributed by atoms with Crippen LogP contribution in [0.25, 0.3) is 0 Å². The molecule has 0 aliphatic heterocycles. The van der Waals surface area contributed by atoms with Gasteiger partial charge in [-0.2, -0.15) is 0 Å². The highest BCUT2D eigenvalue weighted by Crippen LogP contribution is 2.05. The zero-order valence-corrected chi connectivity index (χ0v) is 10.9. The predicted octanol–water partition coefficient (Wildman–Crippen LogP) is 2.62.